The minimum atomic E-state index is -0.537. The largest absolute Gasteiger partial charge is 0.465 e. The van der Waals surface area contributed by atoms with Crippen LogP contribution >= 0.6 is 0 Å². The van der Waals surface area contributed by atoms with Crippen molar-refractivity contribution in [2.24, 2.45) is 0 Å². The average molecular weight is 281 g/mol. The average Bonchev–Trinajstić information content (AvgIpc) is 2.47. The van der Waals surface area contributed by atoms with E-state index in [-0.39, 0.29) is 11.5 Å². The van der Waals surface area contributed by atoms with Crippen molar-refractivity contribution in [3.8, 4) is 0 Å². The molecule has 0 spiro atoms. The van der Waals surface area contributed by atoms with Gasteiger partial charge in [0.2, 0.25) is 5.91 Å². The number of ether oxygens (including phenoxy) is 2. The molecule has 0 aliphatic carbocycles. The molecular formula is C13H19N3O4. The van der Waals surface area contributed by atoms with Crippen LogP contribution in [0.25, 0.3) is 0 Å². The molecule has 1 unspecified atom stereocenters. The van der Waals surface area contributed by atoms with E-state index in [1.165, 1.54) is 13.3 Å². The Balaban J connectivity index is 2.68. The molecule has 0 radical (unpaired) electrons. The summed E-state index contributed by atoms with van der Waals surface area (Å²) in [5.41, 5.74) is 0.284. The Kier molecular flexibility index (Phi) is 6.45. The first-order valence-electron chi connectivity index (χ1n) is 6.16. The maximum absolute atomic E-state index is 11.8. The van der Waals surface area contributed by atoms with Gasteiger partial charge in [0.1, 0.15) is 17.4 Å². The number of hydrogen-bond acceptors (Lipinski definition) is 6. The molecule has 0 aliphatic heterocycles. The van der Waals surface area contributed by atoms with Gasteiger partial charge in [0.15, 0.2) is 0 Å². The summed E-state index contributed by atoms with van der Waals surface area (Å²) < 4.78 is 9.51. The second-order valence-corrected chi connectivity index (χ2v) is 4.04. The van der Waals surface area contributed by atoms with Gasteiger partial charge < -0.3 is 20.1 Å². The number of amides is 1. The lowest BCUT2D eigenvalue weighted by molar-refractivity contribution is -0.121. The molecule has 0 bridgehead atoms. The van der Waals surface area contributed by atoms with E-state index in [0.29, 0.717) is 19.0 Å². The summed E-state index contributed by atoms with van der Waals surface area (Å²) in [6.07, 6.45) is 1.53. The summed E-state index contributed by atoms with van der Waals surface area (Å²) in [5, 5.41) is 5.58. The fraction of sp³-hybridized carbons (Fsp3) is 0.462. The van der Waals surface area contributed by atoms with Crippen molar-refractivity contribution in [3.05, 3.63) is 23.9 Å². The molecular weight excluding hydrogens is 262 g/mol. The van der Waals surface area contributed by atoms with E-state index in [0.717, 1.165) is 0 Å². The zero-order valence-electron chi connectivity index (χ0n) is 11.8. The Bertz CT molecular complexity index is 465. The molecule has 2 N–H and O–H groups in total. The van der Waals surface area contributed by atoms with Gasteiger partial charge in [-0.3, -0.25) is 4.79 Å². The molecule has 7 heteroatoms. The molecule has 1 aromatic rings. The SMILES string of the molecule is COCCNC(=O)C(C)Nc1ncccc1C(=O)OC. The van der Waals surface area contributed by atoms with E-state index in [9.17, 15) is 9.59 Å². The second kappa shape index (κ2) is 8.11. The number of carbonyl (C=O) groups is 2. The number of carbonyl (C=O) groups excluding carboxylic acids is 2. The van der Waals surface area contributed by atoms with Crippen LogP contribution in [0.4, 0.5) is 5.82 Å². The predicted octanol–water partition coefficient (Wildman–Crippen LogP) is 0.431. The van der Waals surface area contributed by atoms with Crippen LogP contribution in [0.2, 0.25) is 0 Å². The minimum Gasteiger partial charge on any atom is -0.465 e. The van der Waals surface area contributed by atoms with Crippen LogP contribution in [-0.4, -0.2) is 50.3 Å². The molecule has 7 nitrogen and oxygen atoms in total. The molecule has 1 aromatic heterocycles. The van der Waals surface area contributed by atoms with Crippen molar-refractivity contribution in [1.82, 2.24) is 10.3 Å². The Labute approximate surface area is 117 Å². The highest BCUT2D eigenvalue weighted by molar-refractivity contribution is 5.95. The summed E-state index contributed by atoms with van der Waals surface area (Å²) in [7, 11) is 2.85. The number of nitrogens with zero attached hydrogens (tertiary/aromatic N) is 1. The van der Waals surface area contributed by atoms with E-state index in [2.05, 4.69) is 20.4 Å². The Morgan fingerprint density at radius 2 is 2.15 bits per heavy atom. The highest BCUT2D eigenvalue weighted by atomic mass is 16.5. The lowest BCUT2D eigenvalue weighted by Gasteiger charge is -2.16. The number of esters is 1. The van der Waals surface area contributed by atoms with E-state index < -0.39 is 12.0 Å². The van der Waals surface area contributed by atoms with E-state index in [1.54, 1.807) is 26.2 Å². The summed E-state index contributed by atoms with van der Waals surface area (Å²) in [4.78, 5) is 27.4. The molecule has 1 rings (SSSR count). The fourth-order valence-corrected chi connectivity index (χ4v) is 1.50. The second-order valence-electron chi connectivity index (χ2n) is 4.04. The summed E-state index contributed by atoms with van der Waals surface area (Å²) in [5.74, 6) is -0.398. The Morgan fingerprint density at radius 1 is 1.40 bits per heavy atom. The van der Waals surface area contributed by atoms with Gasteiger partial charge in [0.05, 0.1) is 13.7 Å². The molecule has 1 atom stereocenters. The van der Waals surface area contributed by atoms with Crippen molar-refractivity contribution in [2.75, 3.05) is 32.7 Å². The van der Waals surface area contributed by atoms with Crippen molar-refractivity contribution in [3.63, 3.8) is 0 Å². The lowest BCUT2D eigenvalue weighted by Crippen LogP contribution is -2.39. The van der Waals surface area contributed by atoms with Gasteiger partial charge in [0.25, 0.3) is 0 Å². The van der Waals surface area contributed by atoms with Crippen molar-refractivity contribution in [2.45, 2.75) is 13.0 Å². The van der Waals surface area contributed by atoms with Gasteiger partial charge in [-0.05, 0) is 19.1 Å². The molecule has 1 amide bonds. The zero-order valence-corrected chi connectivity index (χ0v) is 11.8. The lowest BCUT2D eigenvalue weighted by atomic mass is 10.2. The maximum Gasteiger partial charge on any atom is 0.341 e. The standard InChI is InChI=1S/C13H19N3O4/c1-9(12(17)15-7-8-19-2)16-11-10(13(18)20-3)5-4-6-14-11/h4-6,9H,7-8H2,1-3H3,(H,14,16)(H,15,17). The quantitative estimate of drug-likeness (QED) is 0.556. The van der Waals surface area contributed by atoms with E-state index in [1.807, 2.05) is 0 Å². The van der Waals surface area contributed by atoms with Crippen molar-refractivity contribution >= 4 is 17.7 Å². The molecule has 0 saturated heterocycles. The maximum atomic E-state index is 11.8. The summed E-state index contributed by atoms with van der Waals surface area (Å²) in [6, 6.07) is 2.67. The Hall–Kier alpha value is -2.15. The highest BCUT2D eigenvalue weighted by Gasteiger charge is 2.17. The molecule has 1 heterocycles. The third kappa shape index (κ3) is 4.51. The normalized spacial score (nSPS) is 11.6. The number of pyridine rings is 1. The third-order valence-electron chi connectivity index (χ3n) is 2.56. The van der Waals surface area contributed by atoms with Gasteiger partial charge in [0, 0.05) is 19.9 Å². The molecule has 110 valence electrons. The van der Waals surface area contributed by atoms with Crippen LogP contribution in [0.1, 0.15) is 17.3 Å². The third-order valence-corrected chi connectivity index (χ3v) is 2.56. The van der Waals surface area contributed by atoms with Crippen LogP contribution in [0.15, 0.2) is 18.3 Å². The zero-order chi connectivity index (χ0) is 15.0. The minimum absolute atomic E-state index is 0.205. The molecule has 20 heavy (non-hydrogen) atoms. The Morgan fingerprint density at radius 3 is 2.80 bits per heavy atom. The monoisotopic (exact) mass is 281 g/mol. The first kappa shape index (κ1) is 15.9. The first-order valence-corrected chi connectivity index (χ1v) is 6.16. The van der Waals surface area contributed by atoms with E-state index >= 15 is 0 Å². The molecule has 0 aromatic carbocycles. The highest BCUT2D eigenvalue weighted by Crippen LogP contribution is 2.13. The summed E-state index contributed by atoms with van der Waals surface area (Å²) >= 11 is 0. The number of hydrogen-bond donors (Lipinski definition) is 2. The fourth-order valence-electron chi connectivity index (χ4n) is 1.50. The number of rotatable bonds is 7. The van der Waals surface area contributed by atoms with Crippen molar-refractivity contribution in [1.29, 1.82) is 0 Å². The van der Waals surface area contributed by atoms with Crippen LogP contribution in [0.3, 0.4) is 0 Å². The van der Waals surface area contributed by atoms with Gasteiger partial charge in [-0.15, -0.1) is 0 Å². The van der Waals surface area contributed by atoms with Crippen molar-refractivity contribution < 1.29 is 19.1 Å². The van der Waals surface area contributed by atoms with E-state index in [4.69, 9.17) is 4.74 Å². The molecule has 0 saturated carbocycles. The molecule has 0 fully saturated rings. The van der Waals surface area contributed by atoms with Crippen LogP contribution < -0.4 is 10.6 Å². The van der Waals surface area contributed by atoms with Crippen LogP contribution in [0.5, 0.6) is 0 Å². The number of nitrogens with one attached hydrogen (secondary N) is 2. The van der Waals surface area contributed by atoms with Gasteiger partial charge in [-0.2, -0.15) is 0 Å². The van der Waals surface area contributed by atoms with Gasteiger partial charge in [-0.25, -0.2) is 9.78 Å². The topological polar surface area (TPSA) is 89.5 Å². The van der Waals surface area contributed by atoms with Gasteiger partial charge in [-0.1, -0.05) is 0 Å². The predicted molar refractivity (Wildman–Crippen MR) is 73.5 cm³/mol. The number of anilines is 1. The smallest absolute Gasteiger partial charge is 0.341 e. The number of aromatic nitrogens is 1. The van der Waals surface area contributed by atoms with Crippen LogP contribution in [0, 0.1) is 0 Å². The van der Waals surface area contributed by atoms with Crippen LogP contribution in [-0.2, 0) is 14.3 Å². The van der Waals surface area contributed by atoms with Gasteiger partial charge >= 0.3 is 5.97 Å². The first-order chi connectivity index (χ1) is 9.60. The number of methoxy groups -OCH3 is 2. The summed E-state index contributed by atoms with van der Waals surface area (Å²) in [6.45, 7) is 2.54. The molecule has 0 aliphatic rings.